The van der Waals surface area contributed by atoms with Gasteiger partial charge >= 0.3 is 0 Å². The Kier molecular flexibility index (Phi) is 4.00. The van der Waals surface area contributed by atoms with Crippen molar-refractivity contribution in [1.82, 2.24) is 10.3 Å². The second-order valence-corrected chi connectivity index (χ2v) is 7.61. The number of amides is 1. The first-order valence-electron chi connectivity index (χ1n) is 8.54. The number of thiazole rings is 1. The Labute approximate surface area is 144 Å². The van der Waals surface area contributed by atoms with Gasteiger partial charge in [-0.2, -0.15) is 0 Å². The van der Waals surface area contributed by atoms with Crippen LogP contribution in [0.4, 0.5) is 0 Å². The summed E-state index contributed by atoms with van der Waals surface area (Å²) >= 11 is 1.76. The quantitative estimate of drug-likeness (QED) is 0.925. The Morgan fingerprint density at radius 1 is 1.25 bits per heavy atom. The van der Waals surface area contributed by atoms with Crippen molar-refractivity contribution in [2.45, 2.75) is 51.9 Å². The van der Waals surface area contributed by atoms with Crippen LogP contribution in [0.1, 0.15) is 67.1 Å². The smallest absolute Gasteiger partial charge is 0.255 e. The van der Waals surface area contributed by atoms with Crippen LogP contribution >= 0.6 is 11.3 Å². The summed E-state index contributed by atoms with van der Waals surface area (Å²) in [6.07, 6.45) is 6.20. The second-order valence-electron chi connectivity index (χ2n) is 6.45. The summed E-state index contributed by atoms with van der Waals surface area (Å²) in [5.74, 6) is 1.03. The predicted octanol–water partition coefficient (Wildman–Crippen LogP) is 3.02. The fourth-order valence-corrected chi connectivity index (χ4v) is 4.76. The van der Waals surface area contributed by atoms with Crippen LogP contribution in [0, 0.1) is 6.92 Å². The highest BCUT2D eigenvalue weighted by atomic mass is 32.1. The number of rotatable bonds is 4. The van der Waals surface area contributed by atoms with E-state index in [1.54, 1.807) is 18.3 Å². The van der Waals surface area contributed by atoms with E-state index in [0.717, 1.165) is 37.1 Å². The summed E-state index contributed by atoms with van der Waals surface area (Å²) < 4.78 is 5.64. The molecule has 0 unspecified atom stereocenters. The third kappa shape index (κ3) is 2.69. The predicted molar refractivity (Wildman–Crippen MR) is 90.9 cm³/mol. The standard InChI is InChI=1S/C18H20N2O3S/c1-10-16(17-12(21)5-3-6-13(17)23-10)18(22)19-9-8-15-20-11-4-2-7-14(11)24-15/h2-9H2,1H3,(H,19,22). The van der Waals surface area contributed by atoms with E-state index in [4.69, 9.17) is 4.42 Å². The minimum Gasteiger partial charge on any atom is -0.465 e. The molecule has 5 nitrogen and oxygen atoms in total. The number of aryl methyl sites for hydroxylation is 4. The van der Waals surface area contributed by atoms with Crippen molar-refractivity contribution in [3.8, 4) is 0 Å². The molecule has 24 heavy (non-hydrogen) atoms. The zero-order valence-electron chi connectivity index (χ0n) is 13.7. The summed E-state index contributed by atoms with van der Waals surface area (Å²) in [6, 6.07) is 0. The Morgan fingerprint density at radius 3 is 2.92 bits per heavy atom. The van der Waals surface area contributed by atoms with Crippen LogP contribution in [0.25, 0.3) is 0 Å². The lowest BCUT2D eigenvalue weighted by Gasteiger charge is -2.10. The molecule has 2 heterocycles. The molecule has 1 N–H and O–H groups in total. The maximum absolute atomic E-state index is 12.5. The highest BCUT2D eigenvalue weighted by Crippen LogP contribution is 2.30. The van der Waals surface area contributed by atoms with Crippen molar-refractivity contribution >= 4 is 23.0 Å². The summed E-state index contributed by atoms with van der Waals surface area (Å²) in [5.41, 5.74) is 2.17. The van der Waals surface area contributed by atoms with Crippen molar-refractivity contribution in [3.63, 3.8) is 0 Å². The number of hydrogen-bond acceptors (Lipinski definition) is 5. The third-order valence-electron chi connectivity index (χ3n) is 4.74. The van der Waals surface area contributed by atoms with Crippen LogP contribution in [0.5, 0.6) is 0 Å². The monoisotopic (exact) mass is 344 g/mol. The summed E-state index contributed by atoms with van der Waals surface area (Å²) in [5, 5.41) is 4.01. The van der Waals surface area contributed by atoms with E-state index in [9.17, 15) is 9.59 Å². The van der Waals surface area contributed by atoms with Gasteiger partial charge in [0.2, 0.25) is 0 Å². The van der Waals surface area contributed by atoms with Crippen LogP contribution in [-0.4, -0.2) is 23.2 Å². The Balaban J connectivity index is 1.43. The van der Waals surface area contributed by atoms with Crippen LogP contribution in [-0.2, 0) is 25.7 Å². The summed E-state index contributed by atoms with van der Waals surface area (Å²) in [6.45, 7) is 2.28. The highest BCUT2D eigenvalue weighted by Gasteiger charge is 2.30. The molecule has 1 amide bonds. The number of fused-ring (bicyclic) bond motifs is 2. The summed E-state index contributed by atoms with van der Waals surface area (Å²) in [7, 11) is 0. The number of carbonyl (C=O) groups excluding carboxylic acids is 2. The van der Waals surface area contributed by atoms with Gasteiger partial charge in [-0.1, -0.05) is 0 Å². The molecule has 2 aromatic rings. The van der Waals surface area contributed by atoms with Crippen molar-refractivity contribution in [1.29, 1.82) is 0 Å². The van der Waals surface area contributed by atoms with Gasteiger partial charge in [0, 0.05) is 30.7 Å². The van der Waals surface area contributed by atoms with Gasteiger partial charge in [0.1, 0.15) is 11.5 Å². The normalized spacial score (nSPS) is 16.1. The first-order chi connectivity index (χ1) is 11.6. The molecular weight excluding hydrogens is 324 g/mol. The fourth-order valence-electron chi connectivity index (χ4n) is 3.60. The number of furan rings is 1. The first-order valence-corrected chi connectivity index (χ1v) is 9.36. The van der Waals surface area contributed by atoms with Gasteiger partial charge in [0.25, 0.3) is 5.91 Å². The van der Waals surface area contributed by atoms with Crippen molar-refractivity contribution < 1.29 is 14.0 Å². The lowest BCUT2D eigenvalue weighted by Crippen LogP contribution is -2.28. The Morgan fingerprint density at radius 2 is 2.08 bits per heavy atom. The number of hydrogen-bond donors (Lipinski definition) is 1. The number of nitrogens with one attached hydrogen (secondary N) is 1. The number of aromatic nitrogens is 1. The van der Waals surface area contributed by atoms with E-state index in [-0.39, 0.29) is 11.7 Å². The van der Waals surface area contributed by atoms with E-state index < -0.39 is 0 Å². The van der Waals surface area contributed by atoms with Gasteiger partial charge in [0.15, 0.2) is 5.78 Å². The van der Waals surface area contributed by atoms with Gasteiger partial charge in [-0.15, -0.1) is 11.3 Å². The average Bonchev–Trinajstić information content (AvgIpc) is 3.19. The molecule has 2 aliphatic rings. The molecule has 0 radical (unpaired) electrons. The highest BCUT2D eigenvalue weighted by molar-refractivity contribution is 7.11. The minimum absolute atomic E-state index is 0.0228. The van der Waals surface area contributed by atoms with Gasteiger partial charge in [-0.05, 0) is 32.6 Å². The second kappa shape index (κ2) is 6.16. The van der Waals surface area contributed by atoms with Gasteiger partial charge in [-0.3, -0.25) is 9.59 Å². The lowest BCUT2D eigenvalue weighted by atomic mass is 9.93. The maximum atomic E-state index is 12.5. The molecule has 4 rings (SSSR count). The zero-order chi connectivity index (χ0) is 16.7. The maximum Gasteiger partial charge on any atom is 0.255 e. The minimum atomic E-state index is -0.211. The molecule has 6 heteroatoms. The molecule has 0 saturated heterocycles. The fraction of sp³-hybridized carbons (Fsp3) is 0.500. The molecule has 2 aromatic heterocycles. The molecule has 126 valence electrons. The zero-order valence-corrected chi connectivity index (χ0v) is 14.6. The van der Waals surface area contributed by atoms with Crippen LogP contribution in [0.2, 0.25) is 0 Å². The number of ketones is 1. The Bertz CT molecular complexity index is 797. The SMILES string of the molecule is Cc1oc2c(c1C(=O)NCCc1nc3c(s1)CCC3)C(=O)CCC2. The van der Waals surface area contributed by atoms with Crippen molar-refractivity contribution in [2.75, 3.05) is 6.54 Å². The summed E-state index contributed by atoms with van der Waals surface area (Å²) in [4.78, 5) is 30.7. The third-order valence-corrected chi connectivity index (χ3v) is 5.95. The van der Waals surface area contributed by atoms with Gasteiger partial charge in [0.05, 0.1) is 21.8 Å². The van der Waals surface area contributed by atoms with Crippen LogP contribution < -0.4 is 5.32 Å². The molecular formula is C18H20N2O3S. The average molecular weight is 344 g/mol. The molecule has 0 aromatic carbocycles. The van der Waals surface area contributed by atoms with Crippen molar-refractivity contribution in [3.05, 3.63) is 38.2 Å². The van der Waals surface area contributed by atoms with Crippen LogP contribution in [0.3, 0.4) is 0 Å². The van der Waals surface area contributed by atoms with Crippen molar-refractivity contribution in [2.24, 2.45) is 0 Å². The van der Waals surface area contributed by atoms with Gasteiger partial charge in [-0.25, -0.2) is 4.98 Å². The van der Waals surface area contributed by atoms with E-state index in [2.05, 4.69) is 10.3 Å². The largest absolute Gasteiger partial charge is 0.465 e. The molecule has 2 aliphatic carbocycles. The topological polar surface area (TPSA) is 72.2 Å². The number of Topliss-reactive ketones (excluding diaryl/α,β-unsaturated/α-hetero) is 1. The Hall–Kier alpha value is -1.95. The lowest BCUT2D eigenvalue weighted by molar-refractivity contribution is 0.0928. The number of carbonyl (C=O) groups is 2. The molecule has 0 saturated carbocycles. The van der Waals surface area contributed by atoms with Crippen LogP contribution in [0.15, 0.2) is 4.42 Å². The van der Waals surface area contributed by atoms with E-state index in [1.165, 1.54) is 17.0 Å². The first kappa shape index (κ1) is 15.6. The van der Waals surface area contributed by atoms with E-state index in [1.807, 2.05) is 0 Å². The molecule has 0 bridgehead atoms. The van der Waals surface area contributed by atoms with Gasteiger partial charge < -0.3 is 9.73 Å². The molecule has 0 aliphatic heterocycles. The van der Waals surface area contributed by atoms with E-state index in [0.29, 0.717) is 35.6 Å². The molecule has 0 atom stereocenters. The molecule has 0 spiro atoms. The number of nitrogens with zero attached hydrogens (tertiary/aromatic N) is 1. The molecule has 0 fully saturated rings. The van der Waals surface area contributed by atoms with E-state index >= 15 is 0 Å².